The number of likely N-dealkylation sites (tertiary alicyclic amines) is 1. The summed E-state index contributed by atoms with van der Waals surface area (Å²) in [5, 5.41) is 0. The Balaban J connectivity index is 1.19. The molecule has 0 unspecified atom stereocenters. The van der Waals surface area contributed by atoms with Crippen LogP contribution in [-0.4, -0.2) is 69.2 Å². The fourth-order valence-electron chi connectivity index (χ4n) is 4.79. The van der Waals surface area contributed by atoms with Crippen molar-refractivity contribution in [1.82, 2.24) is 9.80 Å². The molecule has 9 heteroatoms. The van der Waals surface area contributed by atoms with Gasteiger partial charge in [0.15, 0.2) is 5.84 Å². The molecule has 1 amide bonds. The molecule has 0 spiro atoms. The Labute approximate surface area is 187 Å². The lowest BCUT2D eigenvalue weighted by Gasteiger charge is -2.39. The zero-order chi connectivity index (χ0) is 22.3. The van der Waals surface area contributed by atoms with E-state index < -0.39 is 10.0 Å². The number of para-hydroxylation sites is 1. The quantitative estimate of drug-likeness (QED) is 0.694. The Bertz CT molecular complexity index is 1170. The van der Waals surface area contributed by atoms with Crippen LogP contribution in [0.5, 0.6) is 0 Å². The van der Waals surface area contributed by atoms with E-state index in [0.717, 1.165) is 0 Å². The normalized spacial score (nSPS) is 20.8. The van der Waals surface area contributed by atoms with E-state index in [-0.39, 0.29) is 22.5 Å². The Morgan fingerprint density at radius 1 is 0.875 bits per heavy atom. The first-order valence-corrected chi connectivity index (χ1v) is 12.4. The van der Waals surface area contributed by atoms with Crippen LogP contribution in [0, 0.1) is 11.7 Å². The summed E-state index contributed by atoms with van der Waals surface area (Å²) in [6, 6.07) is 13.6. The van der Waals surface area contributed by atoms with E-state index in [9.17, 15) is 17.6 Å². The van der Waals surface area contributed by atoms with Gasteiger partial charge in [-0.25, -0.2) is 4.39 Å². The molecular formula is C23H25FN4O3S. The number of amides is 1. The second kappa shape index (κ2) is 8.20. The van der Waals surface area contributed by atoms with E-state index in [1.807, 2.05) is 26.8 Å². The molecule has 0 N–H and O–H groups in total. The number of piperidine rings is 1. The number of carbonyl (C=O) groups is 1. The van der Waals surface area contributed by atoms with Crippen molar-refractivity contribution in [2.45, 2.75) is 17.7 Å². The first kappa shape index (κ1) is 20.9. The smallest absolute Gasteiger partial charge is 0.285 e. The topological polar surface area (TPSA) is 73.3 Å². The van der Waals surface area contributed by atoms with Gasteiger partial charge in [-0.3, -0.25) is 4.79 Å². The van der Waals surface area contributed by atoms with Crippen LogP contribution in [-0.2, 0) is 14.8 Å². The van der Waals surface area contributed by atoms with Crippen molar-refractivity contribution in [3.05, 3.63) is 59.9 Å². The summed E-state index contributed by atoms with van der Waals surface area (Å²) in [5.74, 6) is 0.308. The number of nitrogens with zero attached hydrogens (tertiary/aromatic N) is 4. The molecule has 0 bridgehead atoms. The predicted molar refractivity (Wildman–Crippen MR) is 120 cm³/mol. The molecule has 0 aromatic heterocycles. The standard InChI is InChI=1S/C23H25FN4O3S/c24-19-6-2-3-7-20(19)26-13-15-28(16-14-26)23(29)17-9-11-27(12-10-17)22-18-5-1-4-8-21(18)32(30,31)25-22/h1-8,17H,9-16H2. The Hall–Kier alpha value is -2.94. The largest absolute Gasteiger partial charge is 0.366 e. The zero-order valence-corrected chi connectivity index (χ0v) is 18.5. The summed E-state index contributed by atoms with van der Waals surface area (Å²) in [5.41, 5.74) is 1.22. The molecule has 168 valence electrons. The van der Waals surface area contributed by atoms with Gasteiger partial charge in [0.2, 0.25) is 5.91 Å². The van der Waals surface area contributed by atoms with Gasteiger partial charge in [0.1, 0.15) is 10.7 Å². The van der Waals surface area contributed by atoms with E-state index in [1.54, 1.807) is 30.3 Å². The first-order valence-electron chi connectivity index (χ1n) is 10.9. The lowest BCUT2D eigenvalue weighted by molar-refractivity contribution is -0.137. The van der Waals surface area contributed by atoms with Crippen molar-refractivity contribution in [3.8, 4) is 0 Å². The highest BCUT2D eigenvalue weighted by atomic mass is 32.2. The molecule has 2 aromatic rings. The zero-order valence-electron chi connectivity index (χ0n) is 17.7. The molecule has 2 saturated heterocycles. The second-order valence-electron chi connectivity index (χ2n) is 8.41. The van der Waals surface area contributed by atoms with Gasteiger partial charge in [-0.2, -0.15) is 8.42 Å². The van der Waals surface area contributed by atoms with E-state index in [4.69, 9.17) is 0 Å². The number of anilines is 1. The second-order valence-corrected chi connectivity index (χ2v) is 9.98. The number of fused-ring (bicyclic) bond motifs is 1. The fourth-order valence-corrected chi connectivity index (χ4v) is 6.02. The van der Waals surface area contributed by atoms with E-state index in [0.29, 0.717) is 69.2 Å². The number of hydrogen-bond donors (Lipinski definition) is 0. The highest BCUT2D eigenvalue weighted by Crippen LogP contribution is 2.30. The number of rotatable bonds is 2. The monoisotopic (exact) mass is 456 g/mol. The molecule has 0 aliphatic carbocycles. The minimum Gasteiger partial charge on any atom is -0.366 e. The molecule has 2 fully saturated rings. The molecule has 2 aromatic carbocycles. The molecule has 32 heavy (non-hydrogen) atoms. The number of amidine groups is 1. The van der Waals surface area contributed by atoms with Gasteiger partial charge in [-0.1, -0.05) is 24.3 Å². The molecule has 3 aliphatic rings. The summed E-state index contributed by atoms with van der Waals surface area (Å²) in [4.78, 5) is 19.2. The molecule has 7 nitrogen and oxygen atoms in total. The third-order valence-electron chi connectivity index (χ3n) is 6.54. The fraction of sp³-hybridized carbons (Fsp3) is 0.391. The number of benzene rings is 2. The molecule has 0 saturated carbocycles. The van der Waals surface area contributed by atoms with Crippen LogP contribution < -0.4 is 4.90 Å². The molecule has 0 atom stereocenters. The summed E-state index contributed by atoms with van der Waals surface area (Å²) >= 11 is 0. The average Bonchev–Trinajstić information content (AvgIpc) is 3.10. The molecule has 0 radical (unpaired) electrons. The van der Waals surface area contributed by atoms with Crippen molar-refractivity contribution >= 4 is 27.5 Å². The number of piperazine rings is 1. The van der Waals surface area contributed by atoms with E-state index >= 15 is 0 Å². The highest BCUT2D eigenvalue weighted by molar-refractivity contribution is 7.90. The minimum absolute atomic E-state index is 0.0832. The SMILES string of the molecule is O=C(C1CCN(C2=NS(=O)(=O)c3ccccc32)CC1)N1CCN(c2ccccc2F)CC1. The highest BCUT2D eigenvalue weighted by Gasteiger charge is 2.36. The van der Waals surface area contributed by atoms with Crippen molar-refractivity contribution in [2.75, 3.05) is 44.2 Å². The number of carbonyl (C=O) groups excluding carboxylic acids is 1. The van der Waals surface area contributed by atoms with Crippen LogP contribution in [0.15, 0.2) is 57.8 Å². The Morgan fingerprint density at radius 3 is 2.25 bits per heavy atom. The molecule has 5 rings (SSSR count). The van der Waals surface area contributed by atoms with Crippen molar-refractivity contribution in [3.63, 3.8) is 0 Å². The average molecular weight is 457 g/mol. The van der Waals surface area contributed by atoms with Crippen LogP contribution in [0.2, 0.25) is 0 Å². The van der Waals surface area contributed by atoms with Crippen LogP contribution in [0.25, 0.3) is 0 Å². The van der Waals surface area contributed by atoms with Crippen molar-refractivity contribution in [2.24, 2.45) is 10.3 Å². The van der Waals surface area contributed by atoms with Crippen LogP contribution in [0.1, 0.15) is 18.4 Å². The van der Waals surface area contributed by atoms with Gasteiger partial charge in [0, 0.05) is 50.7 Å². The maximum absolute atomic E-state index is 14.1. The van der Waals surface area contributed by atoms with E-state index in [1.165, 1.54) is 6.07 Å². The summed E-state index contributed by atoms with van der Waals surface area (Å²) in [6.07, 6.45) is 1.32. The first-order chi connectivity index (χ1) is 15.4. The number of hydrogen-bond acceptors (Lipinski definition) is 5. The number of sulfonamides is 1. The van der Waals surface area contributed by atoms with E-state index in [2.05, 4.69) is 4.40 Å². The Morgan fingerprint density at radius 2 is 1.53 bits per heavy atom. The van der Waals surface area contributed by atoms with Crippen molar-refractivity contribution < 1.29 is 17.6 Å². The summed E-state index contributed by atoms with van der Waals surface area (Å²) in [6.45, 7) is 3.55. The third-order valence-corrected chi connectivity index (χ3v) is 7.87. The summed E-state index contributed by atoms with van der Waals surface area (Å²) in [7, 11) is -3.64. The predicted octanol–water partition coefficient (Wildman–Crippen LogP) is 2.34. The van der Waals surface area contributed by atoms with Crippen LogP contribution in [0.3, 0.4) is 0 Å². The van der Waals surface area contributed by atoms with Gasteiger partial charge in [-0.05, 0) is 37.1 Å². The van der Waals surface area contributed by atoms with Gasteiger partial charge >= 0.3 is 0 Å². The lowest BCUT2D eigenvalue weighted by atomic mass is 9.94. The lowest BCUT2D eigenvalue weighted by Crippen LogP contribution is -2.52. The van der Waals surface area contributed by atoms with Gasteiger partial charge in [0.25, 0.3) is 10.0 Å². The van der Waals surface area contributed by atoms with Gasteiger partial charge in [-0.15, -0.1) is 4.40 Å². The maximum atomic E-state index is 14.1. The molecule has 3 aliphatic heterocycles. The minimum atomic E-state index is -3.64. The van der Waals surface area contributed by atoms with Gasteiger partial charge < -0.3 is 14.7 Å². The van der Waals surface area contributed by atoms with Crippen LogP contribution >= 0.6 is 0 Å². The third kappa shape index (κ3) is 3.74. The Kier molecular flexibility index (Phi) is 5.36. The van der Waals surface area contributed by atoms with Crippen molar-refractivity contribution in [1.29, 1.82) is 0 Å². The maximum Gasteiger partial charge on any atom is 0.285 e. The van der Waals surface area contributed by atoms with Gasteiger partial charge in [0.05, 0.1) is 5.69 Å². The number of halogens is 1. The molecule has 3 heterocycles. The molecular weight excluding hydrogens is 431 g/mol. The summed E-state index contributed by atoms with van der Waals surface area (Å²) < 4.78 is 42.7. The van der Waals surface area contributed by atoms with Crippen LogP contribution in [0.4, 0.5) is 10.1 Å².